The van der Waals surface area contributed by atoms with Gasteiger partial charge in [0.15, 0.2) is 5.17 Å². The average molecular weight is 226 g/mol. The normalized spacial score (nSPS) is 35.9. The quantitative estimate of drug-likeness (QED) is 0.800. The van der Waals surface area contributed by atoms with Crippen molar-refractivity contribution in [2.45, 2.75) is 40.2 Å². The lowest BCUT2D eigenvalue weighted by molar-refractivity contribution is 0.502. The lowest BCUT2D eigenvalue weighted by Crippen LogP contribution is -2.31. The van der Waals surface area contributed by atoms with Crippen LogP contribution in [0.3, 0.4) is 0 Å². The number of thioether (sulfide) groups is 1. The molecular formula is C12H22N2S. The van der Waals surface area contributed by atoms with E-state index in [1.165, 1.54) is 17.3 Å². The molecule has 0 aromatic heterocycles. The maximum Gasteiger partial charge on any atom is 0.156 e. The van der Waals surface area contributed by atoms with Crippen molar-refractivity contribution >= 4 is 16.9 Å². The number of amidine groups is 1. The summed E-state index contributed by atoms with van der Waals surface area (Å²) in [7, 11) is 0. The van der Waals surface area contributed by atoms with E-state index in [0.29, 0.717) is 17.4 Å². The third-order valence-corrected chi connectivity index (χ3v) is 4.73. The Morgan fingerprint density at radius 3 is 2.67 bits per heavy atom. The summed E-state index contributed by atoms with van der Waals surface area (Å²) >= 11 is 1.89. The first kappa shape index (κ1) is 11.3. The van der Waals surface area contributed by atoms with Gasteiger partial charge >= 0.3 is 0 Å². The summed E-state index contributed by atoms with van der Waals surface area (Å²) in [5.74, 6) is 2.72. The minimum atomic E-state index is 0.560. The van der Waals surface area contributed by atoms with Crippen LogP contribution in [-0.2, 0) is 0 Å². The molecule has 1 heterocycles. The molecule has 2 unspecified atom stereocenters. The van der Waals surface area contributed by atoms with Crippen LogP contribution in [0.1, 0.15) is 34.1 Å². The molecular weight excluding hydrogens is 204 g/mol. The molecule has 15 heavy (non-hydrogen) atoms. The first-order valence-electron chi connectivity index (χ1n) is 5.93. The number of nitrogens with zero attached hydrogens (tertiary/aromatic N) is 1. The van der Waals surface area contributed by atoms with Gasteiger partial charge in [-0.15, -0.1) is 0 Å². The number of aliphatic imine (C=N–C) groups is 1. The second-order valence-electron chi connectivity index (χ2n) is 5.84. The Bertz CT molecular complexity index is 271. The smallest absolute Gasteiger partial charge is 0.156 e. The van der Waals surface area contributed by atoms with Gasteiger partial charge < -0.3 is 5.32 Å². The molecule has 2 atom stereocenters. The van der Waals surface area contributed by atoms with Crippen LogP contribution in [0.5, 0.6) is 0 Å². The van der Waals surface area contributed by atoms with Crippen molar-refractivity contribution in [1.82, 2.24) is 5.32 Å². The monoisotopic (exact) mass is 226 g/mol. The molecule has 0 bridgehead atoms. The highest BCUT2D eigenvalue weighted by Gasteiger charge is 2.45. The molecule has 0 amide bonds. The van der Waals surface area contributed by atoms with Gasteiger partial charge in [-0.1, -0.05) is 39.5 Å². The fourth-order valence-corrected chi connectivity index (χ4v) is 3.15. The van der Waals surface area contributed by atoms with Crippen molar-refractivity contribution in [3.63, 3.8) is 0 Å². The lowest BCUT2D eigenvalue weighted by Gasteiger charge is -2.13. The van der Waals surface area contributed by atoms with Crippen LogP contribution < -0.4 is 5.32 Å². The van der Waals surface area contributed by atoms with Crippen LogP contribution in [-0.4, -0.2) is 23.5 Å². The van der Waals surface area contributed by atoms with E-state index >= 15 is 0 Å². The largest absolute Gasteiger partial charge is 0.361 e. The summed E-state index contributed by atoms with van der Waals surface area (Å²) < 4.78 is 0. The molecule has 86 valence electrons. The zero-order valence-electron chi connectivity index (χ0n) is 10.2. The van der Waals surface area contributed by atoms with Crippen molar-refractivity contribution in [2.75, 3.05) is 12.3 Å². The van der Waals surface area contributed by atoms with E-state index in [4.69, 9.17) is 0 Å². The molecule has 1 N–H and O–H groups in total. The van der Waals surface area contributed by atoms with Gasteiger partial charge in [-0.05, 0) is 23.7 Å². The van der Waals surface area contributed by atoms with Crippen LogP contribution >= 0.6 is 11.8 Å². The molecule has 0 radical (unpaired) electrons. The zero-order chi connectivity index (χ0) is 11.1. The van der Waals surface area contributed by atoms with Gasteiger partial charge in [0.05, 0.1) is 0 Å². The standard InChI is InChI=1S/C12H22N2S/c1-8(2)10-7-15-11(14-10)13-6-9-5-12(9,3)4/h8-10H,5-7H2,1-4H3,(H,13,14). The molecule has 2 fully saturated rings. The van der Waals surface area contributed by atoms with E-state index < -0.39 is 0 Å². The van der Waals surface area contributed by atoms with E-state index in [9.17, 15) is 0 Å². The Morgan fingerprint density at radius 2 is 2.20 bits per heavy atom. The van der Waals surface area contributed by atoms with E-state index in [2.05, 4.69) is 38.0 Å². The topological polar surface area (TPSA) is 24.4 Å². The summed E-state index contributed by atoms with van der Waals surface area (Å²) in [6, 6.07) is 0.626. The predicted molar refractivity (Wildman–Crippen MR) is 68.4 cm³/mol. The van der Waals surface area contributed by atoms with Gasteiger partial charge in [0, 0.05) is 18.3 Å². The van der Waals surface area contributed by atoms with Crippen molar-refractivity contribution in [3.8, 4) is 0 Å². The maximum atomic E-state index is 4.68. The average Bonchev–Trinajstić information content (AvgIpc) is 2.63. The van der Waals surface area contributed by atoms with Gasteiger partial charge in [0.1, 0.15) is 0 Å². The fraction of sp³-hybridized carbons (Fsp3) is 0.917. The molecule has 0 aromatic carbocycles. The predicted octanol–water partition coefficient (Wildman–Crippen LogP) is 2.75. The second kappa shape index (κ2) is 4.00. The van der Waals surface area contributed by atoms with Crippen molar-refractivity contribution in [2.24, 2.45) is 22.2 Å². The molecule has 1 saturated carbocycles. The molecule has 2 aliphatic rings. The molecule has 0 spiro atoms. The fourth-order valence-electron chi connectivity index (χ4n) is 1.94. The number of nitrogens with one attached hydrogen (secondary N) is 1. The highest BCUT2D eigenvalue weighted by Crippen LogP contribution is 2.51. The minimum Gasteiger partial charge on any atom is -0.361 e. The number of hydrogen-bond acceptors (Lipinski definition) is 2. The summed E-state index contributed by atoms with van der Waals surface area (Å²) in [4.78, 5) is 4.68. The summed E-state index contributed by atoms with van der Waals surface area (Å²) in [6.07, 6.45) is 1.35. The van der Waals surface area contributed by atoms with Gasteiger partial charge in [-0.25, -0.2) is 0 Å². The molecule has 1 saturated heterocycles. The Hall–Kier alpha value is -0.180. The van der Waals surface area contributed by atoms with Crippen LogP contribution in [0.15, 0.2) is 4.99 Å². The third kappa shape index (κ3) is 2.68. The van der Waals surface area contributed by atoms with Gasteiger partial charge in [-0.3, -0.25) is 4.99 Å². The SMILES string of the molecule is CC(C)C1CSC(=NCC2CC2(C)C)N1. The summed E-state index contributed by atoms with van der Waals surface area (Å²) in [5, 5.41) is 4.69. The van der Waals surface area contributed by atoms with Crippen molar-refractivity contribution in [3.05, 3.63) is 0 Å². The van der Waals surface area contributed by atoms with Crippen LogP contribution in [0.2, 0.25) is 0 Å². The highest BCUT2D eigenvalue weighted by atomic mass is 32.2. The molecule has 3 heteroatoms. The lowest BCUT2D eigenvalue weighted by atomic mass is 10.1. The molecule has 0 aromatic rings. The highest BCUT2D eigenvalue weighted by molar-refractivity contribution is 8.14. The van der Waals surface area contributed by atoms with Gasteiger partial charge in [0.2, 0.25) is 0 Å². The number of hydrogen-bond donors (Lipinski definition) is 1. The Morgan fingerprint density at radius 1 is 1.53 bits per heavy atom. The Kier molecular flexibility index (Phi) is 3.02. The van der Waals surface area contributed by atoms with E-state index in [1.807, 2.05) is 11.8 Å². The van der Waals surface area contributed by atoms with E-state index in [0.717, 1.165) is 12.5 Å². The number of rotatable bonds is 3. The Balaban J connectivity index is 1.79. The van der Waals surface area contributed by atoms with Gasteiger partial charge in [0.25, 0.3) is 0 Å². The zero-order valence-corrected chi connectivity index (χ0v) is 11.0. The van der Waals surface area contributed by atoms with Gasteiger partial charge in [-0.2, -0.15) is 0 Å². The first-order valence-corrected chi connectivity index (χ1v) is 6.91. The maximum absolute atomic E-state index is 4.68. The van der Waals surface area contributed by atoms with Crippen molar-refractivity contribution in [1.29, 1.82) is 0 Å². The molecule has 2 nitrogen and oxygen atoms in total. The third-order valence-electron chi connectivity index (χ3n) is 3.69. The summed E-state index contributed by atoms with van der Waals surface area (Å²) in [6.45, 7) is 10.2. The van der Waals surface area contributed by atoms with E-state index in [-0.39, 0.29) is 0 Å². The van der Waals surface area contributed by atoms with Crippen molar-refractivity contribution < 1.29 is 0 Å². The Labute approximate surface area is 97.3 Å². The second-order valence-corrected chi connectivity index (χ2v) is 6.85. The van der Waals surface area contributed by atoms with Crippen LogP contribution in [0.4, 0.5) is 0 Å². The molecule has 1 aliphatic carbocycles. The molecule has 1 aliphatic heterocycles. The minimum absolute atomic E-state index is 0.560. The van der Waals surface area contributed by atoms with E-state index in [1.54, 1.807) is 0 Å². The summed E-state index contributed by atoms with van der Waals surface area (Å²) in [5.41, 5.74) is 0.560. The molecule has 2 rings (SSSR count). The van der Waals surface area contributed by atoms with Crippen LogP contribution in [0, 0.1) is 17.3 Å². The van der Waals surface area contributed by atoms with Crippen LogP contribution in [0.25, 0.3) is 0 Å². The first-order chi connectivity index (χ1) is 6.99.